The molecule has 2 aromatic rings. The summed E-state index contributed by atoms with van der Waals surface area (Å²) in [7, 11) is 0. The molecule has 0 spiro atoms. The number of aryl methyl sites for hydroxylation is 1. The van der Waals surface area contributed by atoms with E-state index in [1.807, 2.05) is 24.3 Å². The Morgan fingerprint density at radius 1 is 1.11 bits per heavy atom. The largest absolute Gasteiger partial charge is 0.346 e. The molecule has 5 nitrogen and oxygen atoms in total. The molecular formula is C22H32N4OS. The molecule has 1 aliphatic rings. The Bertz CT molecular complexity index is 779. The number of nitrogens with zero attached hydrogens (tertiary/aromatic N) is 2. The van der Waals surface area contributed by atoms with Crippen molar-refractivity contribution in [3.63, 3.8) is 0 Å². The number of carbonyl (C=O) groups is 1. The van der Waals surface area contributed by atoms with Gasteiger partial charge in [0.25, 0.3) is 5.91 Å². The molecule has 0 aliphatic heterocycles. The maximum Gasteiger partial charge on any atom is 0.282 e. The van der Waals surface area contributed by atoms with Crippen LogP contribution in [0.15, 0.2) is 24.3 Å². The normalized spacial score (nSPS) is 20.1. The van der Waals surface area contributed by atoms with E-state index in [0.717, 1.165) is 10.6 Å². The van der Waals surface area contributed by atoms with Crippen LogP contribution in [0.1, 0.15) is 72.4 Å². The Hall–Kier alpha value is -1.79. The highest BCUT2D eigenvalue weighted by Crippen LogP contribution is 2.38. The molecule has 0 radical (unpaired) electrons. The molecule has 28 heavy (non-hydrogen) atoms. The van der Waals surface area contributed by atoms with Gasteiger partial charge in [-0.25, -0.2) is 0 Å². The molecule has 3 rings (SSSR count). The van der Waals surface area contributed by atoms with Gasteiger partial charge >= 0.3 is 0 Å². The second-order valence-electron chi connectivity index (χ2n) is 8.91. The highest BCUT2D eigenvalue weighted by molar-refractivity contribution is 7.13. The maximum atomic E-state index is 12.4. The fourth-order valence-electron chi connectivity index (χ4n) is 4.01. The summed E-state index contributed by atoms with van der Waals surface area (Å²) < 4.78 is 0. The van der Waals surface area contributed by atoms with Gasteiger partial charge in [0, 0.05) is 19.1 Å². The molecule has 1 saturated carbocycles. The maximum absolute atomic E-state index is 12.4. The molecule has 1 aromatic carbocycles. The third kappa shape index (κ3) is 5.61. The Kier molecular flexibility index (Phi) is 6.83. The number of rotatable bonds is 6. The number of amides is 1. The van der Waals surface area contributed by atoms with Crippen LogP contribution < -0.4 is 10.6 Å². The van der Waals surface area contributed by atoms with E-state index in [4.69, 9.17) is 0 Å². The van der Waals surface area contributed by atoms with Crippen molar-refractivity contribution in [3.8, 4) is 0 Å². The van der Waals surface area contributed by atoms with Crippen molar-refractivity contribution in [2.24, 2.45) is 11.3 Å². The van der Waals surface area contributed by atoms with E-state index < -0.39 is 0 Å². The minimum Gasteiger partial charge on any atom is -0.346 e. The average molecular weight is 401 g/mol. The lowest BCUT2D eigenvalue weighted by molar-refractivity contribution is 0.0949. The van der Waals surface area contributed by atoms with Gasteiger partial charge in [-0.1, -0.05) is 74.8 Å². The number of benzene rings is 1. The molecule has 2 unspecified atom stereocenters. The molecular weight excluding hydrogens is 368 g/mol. The van der Waals surface area contributed by atoms with Gasteiger partial charge in [0.15, 0.2) is 0 Å². The van der Waals surface area contributed by atoms with Crippen LogP contribution in [-0.4, -0.2) is 22.1 Å². The summed E-state index contributed by atoms with van der Waals surface area (Å²) >= 11 is 1.38. The Morgan fingerprint density at radius 2 is 1.82 bits per heavy atom. The van der Waals surface area contributed by atoms with E-state index in [1.54, 1.807) is 0 Å². The molecule has 1 aliphatic carbocycles. The first-order valence-electron chi connectivity index (χ1n) is 10.2. The van der Waals surface area contributed by atoms with Crippen LogP contribution in [0.4, 0.5) is 0 Å². The SMILES string of the molecule is Cc1ccc(CNC(=O)c2nnc(CNC3CCCCC3C(C)(C)C)s2)cc1. The number of hydrogen-bond acceptors (Lipinski definition) is 5. The van der Waals surface area contributed by atoms with Crippen molar-refractivity contribution < 1.29 is 4.79 Å². The smallest absolute Gasteiger partial charge is 0.282 e. The van der Waals surface area contributed by atoms with Crippen LogP contribution in [0.3, 0.4) is 0 Å². The van der Waals surface area contributed by atoms with Gasteiger partial charge in [0.2, 0.25) is 5.01 Å². The number of hydrogen-bond donors (Lipinski definition) is 2. The first-order chi connectivity index (χ1) is 13.3. The van der Waals surface area contributed by atoms with Gasteiger partial charge in [0.1, 0.15) is 5.01 Å². The van der Waals surface area contributed by atoms with Gasteiger partial charge in [-0.15, -0.1) is 10.2 Å². The van der Waals surface area contributed by atoms with E-state index in [-0.39, 0.29) is 5.91 Å². The van der Waals surface area contributed by atoms with Crippen LogP contribution in [0.25, 0.3) is 0 Å². The third-order valence-corrected chi connectivity index (χ3v) is 6.55. The molecule has 1 fully saturated rings. The first-order valence-corrected chi connectivity index (χ1v) is 11.0. The lowest BCUT2D eigenvalue weighted by Gasteiger charge is -2.40. The zero-order valence-corrected chi connectivity index (χ0v) is 18.2. The van der Waals surface area contributed by atoms with Crippen molar-refractivity contribution in [1.82, 2.24) is 20.8 Å². The van der Waals surface area contributed by atoms with Gasteiger partial charge in [-0.05, 0) is 36.7 Å². The zero-order chi connectivity index (χ0) is 20.1. The Labute approximate surface area is 172 Å². The molecule has 0 bridgehead atoms. The summed E-state index contributed by atoms with van der Waals surface area (Å²) in [5.41, 5.74) is 2.60. The number of aromatic nitrogens is 2. The van der Waals surface area contributed by atoms with Crippen molar-refractivity contribution in [2.45, 2.75) is 72.5 Å². The van der Waals surface area contributed by atoms with Gasteiger partial charge < -0.3 is 10.6 Å². The monoisotopic (exact) mass is 400 g/mol. The summed E-state index contributed by atoms with van der Waals surface area (Å²) in [5.74, 6) is 0.515. The predicted molar refractivity (Wildman–Crippen MR) is 114 cm³/mol. The van der Waals surface area contributed by atoms with Crippen LogP contribution in [0, 0.1) is 18.3 Å². The highest BCUT2D eigenvalue weighted by Gasteiger charge is 2.33. The summed E-state index contributed by atoms with van der Waals surface area (Å²) in [5, 5.41) is 16.2. The van der Waals surface area contributed by atoms with E-state index >= 15 is 0 Å². The lowest BCUT2D eigenvalue weighted by Crippen LogP contribution is -2.43. The Morgan fingerprint density at radius 3 is 2.54 bits per heavy atom. The van der Waals surface area contributed by atoms with Crippen molar-refractivity contribution >= 4 is 17.2 Å². The second kappa shape index (κ2) is 9.14. The predicted octanol–water partition coefficient (Wildman–Crippen LogP) is 4.47. The average Bonchev–Trinajstić information content (AvgIpc) is 3.14. The summed E-state index contributed by atoms with van der Waals surface area (Å²) in [4.78, 5) is 12.4. The summed E-state index contributed by atoms with van der Waals surface area (Å²) in [6, 6.07) is 8.66. The molecule has 152 valence electrons. The minimum absolute atomic E-state index is 0.158. The van der Waals surface area contributed by atoms with Crippen LogP contribution in [0.2, 0.25) is 0 Å². The quantitative estimate of drug-likeness (QED) is 0.751. The lowest BCUT2D eigenvalue weighted by atomic mass is 9.69. The fraction of sp³-hybridized carbons (Fsp3) is 0.591. The van der Waals surface area contributed by atoms with Gasteiger partial charge in [-0.3, -0.25) is 4.79 Å². The van der Waals surface area contributed by atoms with Gasteiger partial charge in [-0.2, -0.15) is 0 Å². The molecule has 1 heterocycles. The zero-order valence-electron chi connectivity index (χ0n) is 17.4. The molecule has 0 saturated heterocycles. The minimum atomic E-state index is -0.158. The van der Waals surface area contributed by atoms with E-state index in [9.17, 15) is 4.79 Å². The summed E-state index contributed by atoms with van der Waals surface area (Å²) in [6.07, 6.45) is 5.10. The van der Waals surface area contributed by atoms with Crippen LogP contribution in [-0.2, 0) is 13.1 Å². The van der Waals surface area contributed by atoms with Crippen LogP contribution in [0.5, 0.6) is 0 Å². The Balaban J connectivity index is 1.51. The van der Waals surface area contributed by atoms with E-state index in [0.29, 0.717) is 35.5 Å². The van der Waals surface area contributed by atoms with Crippen molar-refractivity contribution in [3.05, 3.63) is 45.4 Å². The number of nitrogens with one attached hydrogen (secondary N) is 2. The number of carbonyl (C=O) groups excluding carboxylic acids is 1. The van der Waals surface area contributed by atoms with E-state index in [2.05, 4.69) is 48.5 Å². The topological polar surface area (TPSA) is 66.9 Å². The molecule has 2 atom stereocenters. The third-order valence-electron chi connectivity index (χ3n) is 5.63. The first kappa shape index (κ1) is 20.9. The summed E-state index contributed by atoms with van der Waals surface area (Å²) in [6.45, 7) is 10.2. The molecule has 2 N–H and O–H groups in total. The molecule has 1 aromatic heterocycles. The van der Waals surface area contributed by atoms with E-state index in [1.165, 1.54) is 42.6 Å². The fourth-order valence-corrected chi connectivity index (χ4v) is 4.72. The highest BCUT2D eigenvalue weighted by atomic mass is 32.1. The second-order valence-corrected chi connectivity index (χ2v) is 9.98. The van der Waals surface area contributed by atoms with Crippen molar-refractivity contribution in [2.75, 3.05) is 0 Å². The van der Waals surface area contributed by atoms with Crippen molar-refractivity contribution in [1.29, 1.82) is 0 Å². The standard InChI is InChI=1S/C22H32N4OS/c1-15-9-11-16(12-10-15)13-24-20(27)21-26-25-19(28-21)14-23-18-8-6-5-7-17(18)22(2,3)4/h9-12,17-18,23H,5-8,13-14H2,1-4H3,(H,24,27). The van der Waals surface area contributed by atoms with Gasteiger partial charge in [0.05, 0.1) is 0 Å². The molecule has 6 heteroatoms. The van der Waals surface area contributed by atoms with Crippen LogP contribution >= 0.6 is 11.3 Å². The molecule has 1 amide bonds.